The summed E-state index contributed by atoms with van der Waals surface area (Å²) in [6.07, 6.45) is 4.33. The minimum absolute atomic E-state index is 0.317. The Morgan fingerprint density at radius 1 is 0.808 bits per heavy atom. The first-order valence-electron chi connectivity index (χ1n) is 8.15. The Balaban J connectivity index is 1.69. The highest BCUT2D eigenvalue weighted by atomic mass is 16.3. The molecule has 2 aromatic carbocycles. The van der Waals surface area contributed by atoms with Gasteiger partial charge in [0.1, 0.15) is 5.76 Å². The van der Waals surface area contributed by atoms with Gasteiger partial charge in [0.25, 0.3) is 5.91 Å². The number of hydrogen-bond donors (Lipinski definition) is 2. The Morgan fingerprint density at radius 3 is 1.96 bits per heavy atom. The van der Waals surface area contributed by atoms with Gasteiger partial charge in [-0.1, -0.05) is 60.7 Å². The standard InChI is InChI=1S/C21H18N2O3/c24-19(14-13-18-12-7-15-26-18)22-23-21(25)20(16-8-3-1-4-9-16)17-10-5-2-6-11-17/h1-15,20H,(H,22,24)(H,23,25). The van der Waals surface area contributed by atoms with E-state index < -0.39 is 11.8 Å². The van der Waals surface area contributed by atoms with Gasteiger partial charge in [-0.05, 0) is 29.3 Å². The number of rotatable bonds is 5. The summed E-state index contributed by atoms with van der Waals surface area (Å²) in [6.45, 7) is 0. The zero-order valence-electron chi connectivity index (χ0n) is 14.0. The van der Waals surface area contributed by atoms with Crippen molar-refractivity contribution in [2.45, 2.75) is 5.92 Å². The molecule has 2 amide bonds. The fourth-order valence-corrected chi connectivity index (χ4v) is 2.57. The van der Waals surface area contributed by atoms with Gasteiger partial charge in [0, 0.05) is 6.08 Å². The van der Waals surface area contributed by atoms with Crippen molar-refractivity contribution in [2.75, 3.05) is 0 Å². The maximum Gasteiger partial charge on any atom is 0.262 e. The smallest absolute Gasteiger partial charge is 0.262 e. The maximum atomic E-state index is 12.7. The van der Waals surface area contributed by atoms with Crippen molar-refractivity contribution in [1.29, 1.82) is 0 Å². The third-order valence-electron chi connectivity index (χ3n) is 3.78. The summed E-state index contributed by atoms with van der Waals surface area (Å²) in [6, 6.07) is 22.3. The Bertz CT molecular complexity index is 833. The van der Waals surface area contributed by atoms with E-state index in [1.807, 2.05) is 60.7 Å². The Hall–Kier alpha value is -3.60. The van der Waals surface area contributed by atoms with Crippen molar-refractivity contribution in [3.63, 3.8) is 0 Å². The lowest BCUT2D eigenvalue weighted by Gasteiger charge is -2.17. The lowest BCUT2D eigenvalue weighted by Crippen LogP contribution is -2.43. The monoisotopic (exact) mass is 346 g/mol. The van der Waals surface area contributed by atoms with Gasteiger partial charge in [0.2, 0.25) is 5.91 Å². The summed E-state index contributed by atoms with van der Waals surface area (Å²) in [5, 5.41) is 0. The van der Waals surface area contributed by atoms with Crippen LogP contribution < -0.4 is 10.9 Å². The third-order valence-corrected chi connectivity index (χ3v) is 3.78. The summed E-state index contributed by atoms with van der Waals surface area (Å²) in [5.41, 5.74) is 6.58. The van der Waals surface area contributed by atoms with E-state index in [0.717, 1.165) is 11.1 Å². The lowest BCUT2D eigenvalue weighted by atomic mass is 9.91. The van der Waals surface area contributed by atoms with Crippen LogP contribution in [0.4, 0.5) is 0 Å². The van der Waals surface area contributed by atoms with E-state index in [9.17, 15) is 9.59 Å². The number of carbonyl (C=O) groups is 2. The van der Waals surface area contributed by atoms with Crippen LogP contribution >= 0.6 is 0 Å². The molecule has 5 nitrogen and oxygen atoms in total. The number of benzene rings is 2. The van der Waals surface area contributed by atoms with Gasteiger partial charge in [-0.25, -0.2) is 0 Å². The largest absolute Gasteiger partial charge is 0.465 e. The van der Waals surface area contributed by atoms with Gasteiger partial charge in [-0.15, -0.1) is 0 Å². The fourth-order valence-electron chi connectivity index (χ4n) is 2.57. The highest BCUT2D eigenvalue weighted by Crippen LogP contribution is 2.24. The van der Waals surface area contributed by atoms with Crippen LogP contribution in [0, 0.1) is 0 Å². The lowest BCUT2D eigenvalue weighted by molar-refractivity contribution is -0.127. The molecule has 0 saturated carbocycles. The molecule has 0 aliphatic carbocycles. The van der Waals surface area contributed by atoms with E-state index in [2.05, 4.69) is 10.9 Å². The molecule has 1 aromatic heterocycles. The summed E-state index contributed by atoms with van der Waals surface area (Å²) in [7, 11) is 0. The molecule has 0 aliphatic heterocycles. The second kappa shape index (κ2) is 8.48. The predicted octanol–water partition coefficient (Wildman–Crippen LogP) is 3.27. The summed E-state index contributed by atoms with van der Waals surface area (Å²) < 4.78 is 5.11. The summed E-state index contributed by atoms with van der Waals surface area (Å²) >= 11 is 0. The van der Waals surface area contributed by atoms with Gasteiger partial charge in [-0.2, -0.15) is 0 Å². The molecule has 0 bridgehead atoms. The van der Waals surface area contributed by atoms with Crippen molar-refractivity contribution in [1.82, 2.24) is 10.9 Å². The van der Waals surface area contributed by atoms with Gasteiger partial charge < -0.3 is 4.42 Å². The number of hydrazine groups is 1. The van der Waals surface area contributed by atoms with Crippen LogP contribution in [0.3, 0.4) is 0 Å². The van der Waals surface area contributed by atoms with Crippen molar-refractivity contribution in [3.8, 4) is 0 Å². The molecule has 0 fully saturated rings. The Labute approximate surface area is 151 Å². The van der Waals surface area contributed by atoms with Crippen molar-refractivity contribution < 1.29 is 14.0 Å². The minimum atomic E-state index is -0.522. The molecule has 0 unspecified atom stereocenters. The van der Waals surface area contributed by atoms with E-state index in [-0.39, 0.29) is 5.91 Å². The van der Waals surface area contributed by atoms with E-state index in [0.29, 0.717) is 5.76 Å². The van der Waals surface area contributed by atoms with E-state index in [4.69, 9.17) is 4.42 Å². The third kappa shape index (κ3) is 4.48. The van der Waals surface area contributed by atoms with Gasteiger partial charge in [0.05, 0.1) is 12.2 Å². The second-order valence-electron chi connectivity index (χ2n) is 5.58. The highest BCUT2D eigenvalue weighted by molar-refractivity contribution is 5.94. The van der Waals surface area contributed by atoms with Gasteiger partial charge in [0.15, 0.2) is 0 Å². The van der Waals surface area contributed by atoms with Crippen molar-refractivity contribution in [2.24, 2.45) is 0 Å². The van der Waals surface area contributed by atoms with Crippen LogP contribution in [-0.2, 0) is 9.59 Å². The molecule has 0 aliphatic rings. The zero-order valence-corrected chi connectivity index (χ0v) is 14.0. The van der Waals surface area contributed by atoms with E-state index >= 15 is 0 Å². The number of furan rings is 1. The normalized spacial score (nSPS) is 10.8. The molecule has 0 radical (unpaired) electrons. The molecule has 3 aromatic rings. The number of carbonyl (C=O) groups excluding carboxylic acids is 2. The van der Waals surface area contributed by atoms with Gasteiger partial charge in [-0.3, -0.25) is 20.4 Å². The van der Waals surface area contributed by atoms with Crippen molar-refractivity contribution in [3.05, 3.63) is 102 Å². The molecule has 1 heterocycles. The molecule has 5 heteroatoms. The first kappa shape index (κ1) is 17.2. The van der Waals surface area contributed by atoms with Crippen LogP contribution in [0.25, 0.3) is 6.08 Å². The van der Waals surface area contributed by atoms with Crippen LogP contribution in [0.5, 0.6) is 0 Å². The maximum absolute atomic E-state index is 12.7. The topological polar surface area (TPSA) is 71.3 Å². The van der Waals surface area contributed by atoms with Crippen LogP contribution in [-0.4, -0.2) is 11.8 Å². The fraction of sp³-hybridized carbons (Fsp3) is 0.0476. The first-order chi connectivity index (χ1) is 12.7. The Kier molecular flexibility index (Phi) is 5.62. The van der Waals surface area contributed by atoms with Crippen LogP contribution in [0.1, 0.15) is 22.8 Å². The van der Waals surface area contributed by atoms with Crippen molar-refractivity contribution >= 4 is 17.9 Å². The van der Waals surface area contributed by atoms with Crippen LogP contribution in [0.15, 0.2) is 89.6 Å². The predicted molar refractivity (Wildman–Crippen MR) is 98.8 cm³/mol. The molecule has 3 rings (SSSR count). The molecule has 26 heavy (non-hydrogen) atoms. The number of nitrogens with one attached hydrogen (secondary N) is 2. The Morgan fingerprint density at radius 2 is 1.42 bits per heavy atom. The molecular formula is C21H18N2O3. The molecule has 2 N–H and O–H groups in total. The van der Waals surface area contributed by atoms with Crippen LogP contribution in [0.2, 0.25) is 0 Å². The second-order valence-corrected chi connectivity index (χ2v) is 5.58. The molecule has 0 saturated heterocycles. The van der Waals surface area contributed by atoms with Gasteiger partial charge >= 0.3 is 0 Å². The quantitative estimate of drug-likeness (QED) is 0.550. The number of hydrogen-bond acceptors (Lipinski definition) is 3. The number of amides is 2. The molecular weight excluding hydrogens is 328 g/mol. The highest BCUT2D eigenvalue weighted by Gasteiger charge is 2.22. The molecule has 0 spiro atoms. The molecule has 130 valence electrons. The van der Waals surface area contributed by atoms with E-state index in [1.54, 1.807) is 12.1 Å². The minimum Gasteiger partial charge on any atom is -0.465 e. The summed E-state index contributed by atoms with van der Waals surface area (Å²) in [4.78, 5) is 24.6. The SMILES string of the molecule is O=C(C=Cc1ccco1)NNC(=O)C(c1ccccc1)c1ccccc1. The molecule has 0 atom stereocenters. The summed E-state index contributed by atoms with van der Waals surface area (Å²) in [5.74, 6) is -0.735. The first-order valence-corrected chi connectivity index (χ1v) is 8.15. The average molecular weight is 346 g/mol. The average Bonchev–Trinajstić information content (AvgIpc) is 3.20. The zero-order chi connectivity index (χ0) is 18.2. The van der Waals surface area contributed by atoms with E-state index in [1.165, 1.54) is 18.4 Å².